The monoisotopic (exact) mass is 388 g/mol. The molecule has 0 radical (unpaired) electrons. The van der Waals surface area contributed by atoms with Gasteiger partial charge in [-0.25, -0.2) is 8.42 Å². The topological polar surface area (TPSA) is 75.7 Å². The summed E-state index contributed by atoms with van der Waals surface area (Å²) in [5.41, 5.74) is 0.920. The highest BCUT2D eigenvalue weighted by atomic mass is 32.2. The molecule has 2 aromatic carbocycles. The summed E-state index contributed by atoms with van der Waals surface area (Å²) in [6.45, 7) is 1.09. The minimum atomic E-state index is -3.55. The first-order valence-electron chi connectivity index (χ1n) is 9.06. The molecular formula is C20H24N2O4S. The van der Waals surface area contributed by atoms with Crippen molar-refractivity contribution in [3.8, 4) is 5.75 Å². The first-order chi connectivity index (χ1) is 13.0. The van der Waals surface area contributed by atoms with Crippen LogP contribution >= 0.6 is 0 Å². The Kier molecular flexibility index (Phi) is 6.13. The van der Waals surface area contributed by atoms with Crippen LogP contribution in [0, 0.1) is 0 Å². The van der Waals surface area contributed by atoms with Crippen LogP contribution in [0.5, 0.6) is 5.75 Å². The molecule has 1 amide bonds. The Morgan fingerprint density at radius 2 is 1.67 bits per heavy atom. The maximum Gasteiger partial charge on any atom is 0.255 e. The molecule has 1 saturated heterocycles. The number of hydrogen-bond acceptors (Lipinski definition) is 4. The molecular weight excluding hydrogens is 364 g/mol. The molecule has 1 aliphatic rings. The van der Waals surface area contributed by atoms with E-state index in [4.69, 9.17) is 4.74 Å². The van der Waals surface area contributed by atoms with Crippen LogP contribution in [0.4, 0.5) is 5.69 Å². The van der Waals surface area contributed by atoms with Gasteiger partial charge in [-0.15, -0.1) is 0 Å². The second-order valence-corrected chi connectivity index (χ2v) is 8.47. The third-order valence-corrected chi connectivity index (χ3v) is 6.54. The number of anilines is 1. The number of nitrogens with zero attached hydrogens (tertiary/aromatic N) is 1. The summed E-state index contributed by atoms with van der Waals surface area (Å²) < 4.78 is 32.5. The zero-order valence-corrected chi connectivity index (χ0v) is 16.2. The largest absolute Gasteiger partial charge is 0.497 e. The number of rotatable bonds is 5. The first-order valence-corrected chi connectivity index (χ1v) is 10.5. The molecule has 0 unspecified atom stereocenters. The van der Waals surface area contributed by atoms with Crippen LogP contribution in [0.3, 0.4) is 0 Å². The predicted octanol–water partition coefficient (Wildman–Crippen LogP) is 3.51. The average Bonchev–Trinajstić information content (AvgIpc) is 2.98. The SMILES string of the molecule is COc1ccc(C(=O)Nc2cccc(S(=O)(=O)N3CCCCCC3)c2)cc1. The molecule has 2 aromatic rings. The number of hydrogen-bond donors (Lipinski definition) is 1. The molecule has 6 nitrogen and oxygen atoms in total. The zero-order chi connectivity index (χ0) is 19.3. The van der Waals surface area contributed by atoms with E-state index in [1.54, 1.807) is 53.9 Å². The van der Waals surface area contributed by atoms with Crippen molar-refractivity contribution in [1.29, 1.82) is 0 Å². The Morgan fingerprint density at radius 3 is 2.30 bits per heavy atom. The van der Waals surface area contributed by atoms with Gasteiger partial charge in [0, 0.05) is 24.3 Å². The van der Waals surface area contributed by atoms with E-state index >= 15 is 0 Å². The van der Waals surface area contributed by atoms with Crippen LogP contribution in [0.15, 0.2) is 53.4 Å². The Labute approximate surface area is 160 Å². The van der Waals surface area contributed by atoms with Gasteiger partial charge in [-0.2, -0.15) is 4.31 Å². The second kappa shape index (κ2) is 8.54. The fourth-order valence-corrected chi connectivity index (χ4v) is 4.67. The van der Waals surface area contributed by atoms with Crippen molar-refractivity contribution in [2.24, 2.45) is 0 Å². The van der Waals surface area contributed by atoms with Gasteiger partial charge < -0.3 is 10.1 Å². The molecule has 1 fully saturated rings. The molecule has 0 bridgehead atoms. The number of sulfonamides is 1. The quantitative estimate of drug-likeness (QED) is 0.850. The van der Waals surface area contributed by atoms with Crippen LogP contribution < -0.4 is 10.1 Å². The van der Waals surface area contributed by atoms with Crippen LogP contribution in [0.1, 0.15) is 36.0 Å². The molecule has 1 aliphatic heterocycles. The number of amides is 1. The van der Waals surface area contributed by atoms with Crippen LogP contribution in [0.25, 0.3) is 0 Å². The summed E-state index contributed by atoms with van der Waals surface area (Å²) in [5.74, 6) is 0.360. The van der Waals surface area contributed by atoms with Crippen LogP contribution in [-0.4, -0.2) is 38.8 Å². The zero-order valence-electron chi connectivity index (χ0n) is 15.3. The minimum Gasteiger partial charge on any atom is -0.497 e. The van der Waals surface area contributed by atoms with Gasteiger partial charge in [0.25, 0.3) is 5.91 Å². The lowest BCUT2D eigenvalue weighted by Crippen LogP contribution is -2.32. The van der Waals surface area contributed by atoms with E-state index in [0.717, 1.165) is 25.7 Å². The van der Waals surface area contributed by atoms with Gasteiger partial charge in [0.2, 0.25) is 10.0 Å². The van der Waals surface area contributed by atoms with Crippen molar-refractivity contribution in [2.45, 2.75) is 30.6 Å². The maximum absolute atomic E-state index is 12.9. The lowest BCUT2D eigenvalue weighted by atomic mass is 10.2. The maximum atomic E-state index is 12.9. The van der Waals surface area contributed by atoms with E-state index in [-0.39, 0.29) is 10.8 Å². The number of benzene rings is 2. The highest BCUT2D eigenvalue weighted by molar-refractivity contribution is 7.89. The summed E-state index contributed by atoms with van der Waals surface area (Å²) in [4.78, 5) is 12.6. The van der Waals surface area contributed by atoms with Crippen molar-refractivity contribution < 1.29 is 17.9 Å². The van der Waals surface area contributed by atoms with E-state index < -0.39 is 10.0 Å². The standard InChI is InChI=1S/C20H24N2O4S/c1-26-18-11-9-16(10-12-18)20(23)21-17-7-6-8-19(15-17)27(24,25)22-13-4-2-3-5-14-22/h6-12,15H,2-5,13-14H2,1H3,(H,21,23). The van der Waals surface area contributed by atoms with Crippen molar-refractivity contribution in [1.82, 2.24) is 4.31 Å². The molecule has 0 atom stereocenters. The number of carbonyl (C=O) groups excluding carboxylic acids is 1. The Bertz CT molecular complexity index is 886. The van der Waals surface area contributed by atoms with E-state index in [1.165, 1.54) is 6.07 Å². The third-order valence-electron chi connectivity index (χ3n) is 4.65. The van der Waals surface area contributed by atoms with Crippen molar-refractivity contribution in [3.63, 3.8) is 0 Å². The molecule has 7 heteroatoms. The van der Waals surface area contributed by atoms with E-state index in [2.05, 4.69) is 5.32 Å². The molecule has 1 heterocycles. The van der Waals surface area contributed by atoms with Crippen molar-refractivity contribution in [2.75, 3.05) is 25.5 Å². The van der Waals surface area contributed by atoms with Crippen LogP contribution in [0.2, 0.25) is 0 Å². The first kappa shape index (κ1) is 19.4. The van der Waals surface area contributed by atoms with Gasteiger partial charge >= 0.3 is 0 Å². The van der Waals surface area contributed by atoms with Crippen molar-refractivity contribution in [3.05, 3.63) is 54.1 Å². The summed E-state index contributed by atoms with van der Waals surface area (Å²) >= 11 is 0. The highest BCUT2D eigenvalue weighted by Gasteiger charge is 2.25. The number of carbonyl (C=O) groups is 1. The molecule has 144 valence electrons. The van der Waals surface area contributed by atoms with E-state index in [9.17, 15) is 13.2 Å². The smallest absolute Gasteiger partial charge is 0.255 e. The Balaban J connectivity index is 1.77. The molecule has 0 spiro atoms. The summed E-state index contributed by atoms with van der Waals surface area (Å²) in [7, 11) is -1.99. The minimum absolute atomic E-state index is 0.205. The molecule has 3 rings (SSSR count). The molecule has 0 aliphatic carbocycles. The number of methoxy groups -OCH3 is 1. The average molecular weight is 388 g/mol. The third kappa shape index (κ3) is 4.67. The molecule has 0 saturated carbocycles. The summed E-state index contributed by atoms with van der Waals surface area (Å²) in [6.07, 6.45) is 3.88. The summed E-state index contributed by atoms with van der Waals surface area (Å²) in [5, 5.41) is 2.76. The van der Waals surface area contributed by atoms with Gasteiger partial charge in [0.15, 0.2) is 0 Å². The normalized spacial score (nSPS) is 15.7. The fourth-order valence-electron chi connectivity index (χ4n) is 3.11. The molecule has 0 aromatic heterocycles. The number of nitrogens with one attached hydrogen (secondary N) is 1. The predicted molar refractivity (Wildman–Crippen MR) is 105 cm³/mol. The van der Waals surface area contributed by atoms with Gasteiger partial charge in [-0.05, 0) is 55.3 Å². The highest BCUT2D eigenvalue weighted by Crippen LogP contribution is 2.23. The van der Waals surface area contributed by atoms with Gasteiger partial charge in [-0.3, -0.25) is 4.79 Å². The molecule has 27 heavy (non-hydrogen) atoms. The lowest BCUT2D eigenvalue weighted by molar-refractivity contribution is 0.102. The van der Waals surface area contributed by atoms with Crippen LogP contribution in [-0.2, 0) is 10.0 Å². The second-order valence-electron chi connectivity index (χ2n) is 6.53. The number of ether oxygens (including phenoxy) is 1. The van der Waals surface area contributed by atoms with Gasteiger partial charge in [0.05, 0.1) is 12.0 Å². The Morgan fingerprint density at radius 1 is 1.00 bits per heavy atom. The van der Waals surface area contributed by atoms with Gasteiger partial charge in [0.1, 0.15) is 5.75 Å². The Hall–Kier alpha value is -2.38. The molecule has 1 N–H and O–H groups in total. The van der Waals surface area contributed by atoms with E-state index in [0.29, 0.717) is 30.1 Å². The van der Waals surface area contributed by atoms with E-state index in [1.807, 2.05) is 0 Å². The fraction of sp³-hybridized carbons (Fsp3) is 0.350. The van der Waals surface area contributed by atoms with Gasteiger partial charge in [-0.1, -0.05) is 18.9 Å². The van der Waals surface area contributed by atoms with Crippen molar-refractivity contribution >= 4 is 21.6 Å². The summed E-state index contributed by atoms with van der Waals surface area (Å²) in [6, 6.07) is 13.1. The lowest BCUT2D eigenvalue weighted by Gasteiger charge is -2.20.